The van der Waals surface area contributed by atoms with Gasteiger partial charge in [0.25, 0.3) is 0 Å². The number of rotatable bonds is 4. The van der Waals surface area contributed by atoms with E-state index in [4.69, 9.17) is 9.47 Å². The fraction of sp³-hybridized carbons (Fsp3) is 0.167. The van der Waals surface area contributed by atoms with Crippen LogP contribution in [0.5, 0.6) is 11.5 Å². The number of nitrogens with zero attached hydrogens (tertiary/aromatic N) is 1. The van der Waals surface area contributed by atoms with Gasteiger partial charge in [-0.3, -0.25) is 4.79 Å². The lowest BCUT2D eigenvalue weighted by molar-refractivity contribution is -0.125. The number of hydrogen-bond acceptors (Lipinski definition) is 3. The van der Waals surface area contributed by atoms with Crippen molar-refractivity contribution in [1.82, 2.24) is 4.90 Å². The van der Waals surface area contributed by atoms with Crippen LogP contribution in [0.4, 0.5) is 0 Å². The van der Waals surface area contributed by atoms with Gasteiger partial charge in [-0.1, -0.05) is 36.4 Å². The van der Waals surface area contributed by atoms with E-state index in [2.05, 4.69) is 0 Å². The standard InChI is InChI=1S/C18H17NO3/c1-19(12-15-5-3-2-4-6-15)18(20)10-8-14-7-9-16-17(11-14)22-13-21-16/h2-11H,12-13H2,1H3. The first-order chi connectivity index (χ1) is 10.7. The Hall–Kier alpha value is -2.75. The van der Waals surface area contributed by atoms with Gasteiger partial charge in [0.2, 0.25) is 12.7 Å². The van der Waals surface area contributed by atoms with Crippen molar-refractivity contribution in [3.8, 4) is 11.5 Å². The van der Waals surface area contributed by atoms with E-state index in [0.717, 1.165) is 16.9 Å². The zero-order valence-electron chi connectivity index (χ0n) is 12.4. The molecule has 0 spiro atoms. The van der Waals surface area contributed by atoms with Gasteiger partial charge in [0, 0.05) is 19.7 Å². The van der Waals surface area contributed by atoms with Crippen molar-refractivity contribution in [2.24, 2.45) is 0 Å². The Morgan fingerprint density at radius 3 is 2.73 bits per heavy atom. The Balaban J connectivity index is 1.63. The molecule has 1 aliphatic heterocycles. The van der Waals surface area contributed by atoms with Gasteiger partial charge in [0.05, 0.1) is 0 Å². The first-order valence-corrected chi connectivity index (χ1v) is 7.09. The minimum atomic E-state index is -0.0403. The number of amides is 1. The molecule has 1 heterocycles. The second kappa shape index (κ2) is 6.35. The summed E-state index contributed by atoms with van der Waals surface area (Å²) in [6.07, 6.45) is 3.35. The average Bonchev–Trinajstić information content (AvgIpc) is 3.01. The van der Waals surface area contributed by atoms with Crippen LogP contribution in [0.1, 0.15) is 11.1 Å². The van der Waals surface area contributed by atoms with E-state index in [1.807, 2.05) is 48.5 Å². The highest BCUT2D eigenvalue weighted by atomic mass is 16.7. The molecule has 0 unspecified atom stereocenters. The minimum Gasteiger partial charge on any atom is -0.454 e. The van der Waals surface area contributed by atoms with Gasteiger partial charge in [-0.15, -0.1) is 0 Å². The fourth-order valence-corrected chi connectivity index (χ4v) is 2.25. The van der Waals surface area contributed by atoms with Gasteiger partial charge in [-0.25, -0.2) is 0 Å². The summed E-state index contributed by atoms with van der Waals surface area (Å²) in [5.74, 6) is 1.42. The maximum atomic E-state index is 12.1. The van der Waals surface area contributed by atoms with Crippen LogP contribution in [0.15, 0.2) is 54.6 Å². The third-order valence-electron chi connectivity index (χ3n) is 3.45. The largest absolute Gasteiger partial charge is 0.454 e. The van der Waals surface area contributed by atoms with Crippen molar-refractivity contribution in [1.29, 1.82) is 0 Å². The van der Waals surface area contributed by atoms with Gasteiger partial charge in [0.1, 0.15) is 0 Å². The van der Waals surface area contributed by atoms with Gasteiger partial charge < -0.3 is 14.4 Å². The Labute approximate surface area is 129 Å². The Bertz CT molecular complexity index is 695. The number of benzene rings is 2. The van der Waals surface area contributed by atoms with Crippen molar-refractivity contribution in [3.63, 3.8) is 0 Å². The van der Waals surface area contributed by atoms with Crippen LogP contribution in [-0.4, -0.2) is 24.6 Å². The molecule has 1 aliphatic rings. The molecule has 0 fully saturated rings. The second-order valence-corrected chi connectivity index (χ2v) is 5.13. The Morgan fingerprint density at radius 2 is 1.91 bits per heavy atom. The highest BCUT2D eigenvalue weighted by molar-refractivity contribution is 5.91. The third kappa shape index (κ3) is 3.28. The van der Waals surface area contributed by atoms with Crippen LogP contribution in [0.2, 0.25) is 0 Å². The minimum absolute atomic E-state index is 0.0403. The van der Waals surface area contributed by atoms with E-state index in [-0.39, 0.29) is 12.7 Å². The lowest BCUT2D eigenvalue weighted by atomic mass is 10.2. The van der Waals surface area contributed by atoms with E-state index in [0.29, 0.717) is 12.3 Å². The van der Waals surface area contributed by atoms with Gasteiger partial charge >= 0.3 is 0 Å². The molecule has 2 aromatic rings. The summed E-state index contributed by atoms with van der Waals surface area (Å²) in [4.78, 5) is 13.8. The Kier molecular flexibility index (Phi) is 4.10. The third-order valence-corrected chi connectivity index (χ3v) is 3.45. The van der Waals surface area contributed by atoms with Crippen molar-refractivity contribution < 1.29 is 14.3 Å². The number of carbonyl (C=O) groups excluding carboxylic acids is 1. The molecule has 22 heavy (non-hydrogen) atoms. The smallest absolute Gasteiger partial charge is 0.246 e. The number of fused-ring (bicyclic) bond motifs is 1. The van der Waals surface area contributed by atoms with Crippen LogP contribution in [-0.2, 0) is 11.3 Å². The molecule has 0 saturated heterocycles. The quantitative estimate of drug-likeness (QED) is 0.814. The molecule has 0 saturated carbocycles. The monoisotopic (exact) mass is 295 g/mol. The molecule has 1 amide bonds. The van der Waals surface area contributed by atoms with E-state index in [1.54, 1.807) is 24.1 Å². The first-order valence-electron chi connectivity index (χ1n) is 7.09. The highest BCUT2D eigenvalue weighted by Gasteiger charge is 2.12. The predicted octanol–water partition coefficient (Wildman–Crippen LogP) is 3.09. The van der Waals surface area contributed by atoms with Gasteiger partial charge in [-0.2, -0.15) is 0 Å². The van der Waals surface area contributed by atoms with Crippen molar-refractivity contribution in [2.75, 3.05) is 13.8 Å². The van der Waals surface area contributed by atoms with Crippen LogP contribution >= 0.6 is 0 Å². The van der Waals surface area contributed by atoms with E-state index >= 15 is 0 Å². The average molecular weight is 295 g/mol. The van der Waals surface area contributed by atoms with Crippen LogP contribution < -0.4 is 9.47 Å². The Morgan fingerprint density at radius 1 is 1.14 bits per heavy atom. The molecule has 0 bridgehead atoms. The van der Waals surface area contributed by atoms with Crippen molar-refractivity contribution >= 4 is 12.0 Å². The molecule has 0 radical (unpaired) electrons. The van der Waals surface area contributed by atoms with E-state index < -0.39 is 0 Å². The molecular formula is C18H17NO3. The molecule has 0 N–H and O–H groups in total. The maximum Gasteiger partial charge on any atom is 0.246 e. The highest BCUT2D eigenvalue weighted by Crippen LogP contribution is 2.32. The van der Waals surface area contributed by atoms with Crippen LogP contribution in [0, 0.1) is 0 Å². The molecular weight excluding hydrogens is 278 g/mol. The molecule has 3 rings (SSSR count). The van der Waals surface area contributed by atoms with Gasteiger partial charge in [-0.05, 0) is 29.3 Å². The SMILES string of the molecule is CN(Cc1ccccc1)C(=O)C=Cc1ccc2c(c1)OCO2. The normalized spacial score (nSPS) is 12.6. The van der Waals surface area contributed by atoms with Crippen molar-refractivity contribution in [3.05, 3.63) is 65.7 Å². The van der Waals surface area contributed by atoms with Crippen molar-refractivity contribution in [2.45, 2.75) is 6.54 Å². The van der Waals surface area contributed by atoms with E-state index in [1.165, 1.54) is 0 Å². The summed E-state index contributed by atoms with van der Waals surface area (Å²) >= 11 is 0. The summed E-state index contributed by atoms with van der Waals surface area (Å²) in [7, 11) is 1.79. The number of hydrogen-bond donors (Lipinski definition) is 0. The molecule has 4 heteroatoms. The summed E-state index contributed by atoms with van der Waals surface area (Å²) in [5, 5.41) is 0. The van der Waals surface area contributed by atoms with E-state index in [9.17, 15) is 4.79 Å². The molecule has 4 nitrogen and oxygen atoms in total. The summed E-state index contributed by atoms with van der Waals surface area (Å²) in [6.45, 7) is 0.840. The predicted molar refractivity (Wildman–Crippen MR) is 84.5 cm³/mol. The fourth-order valence-electron chi connectivity index (χ4n) is 2.25. The van der Waals surface area contributed by atoms with Crippen LogP contribution in [0.25, 0.3) is 6.08 Å². The topological polar surface area (TPSA) is 38.8 Å². The second-order valence-electron chi connectivity index (χ2n) is 5.13. The maximum absolute atomic E-state index is 12.1. The number of ether oxygens (including phenoxy) is 2. The molecule has 2 aromatic carbocycles. The van der Waals surface area contributed by atoms with Crippen LogP contribution in [0.3, 0.4) is 0 Å². The first kappa shape index (κ1) is 14.2. The summed E-state index contributed by atoms with van der Waals surface area (Å²) in [6, 6.07) is 15.5. The van der Waals surface area contributed by atoms with Gasteiger partial charge in [0.15, 0.2) is 11.5 Å². The molecule has 0 aliphatic carbocycles. The zero-order chi connectivity index (χ0) is 15.4. The zero-order valence-corrected chi connectivity index (χ0v) is 12.4. The number of likely N-dealkylation sites (N-methyl/N-ethyl adjacent to an activating group) is 1. The molecule has 112 valence electrons. The summed E-state index contributed by atoms with van der Waals surface area (Å²) < 4.78 is 10.6. The lowest BCUT2D eigenvalue weighted by Gasteiger charge is -2.15. The molecule has 0 atom stereocenters. The summed E-state index contributed by atoms with van der Waals surface area (Å²) in [5.41, 5.74) is 2.01. The number of carbonyl (C=O) groups is 1. The lowest BCUT2D eigenvalue weighted by Crippen LogP contribution is -2.23. The molecule has 0 aromatic heterocycles.